The van der Waals surface area contributed by atoms with E-state index in [2.05, 4.69) is 204 Å². The van der Waals surface area contributed by atoms with Crippen molar-refractivity contribution in [3.05, 3.63) is 162 Å². The van der Waals surface area contributed by atoms with Gasteiger partial charge in [-0.2, -0.15) is 0 Å². The molecule has 0 amide bonds. The lowest BCUT2D eigenvalue weighted by Gasteiger charge is -2.45. The second-order valence-corrected chi connectivity index (χ2v) is 18.2. The van der Waals surface area contributed by atoms with E-state index in [0.717, 1.165) is 34.0 Å². The molecule has 0 spiro atoms. The Balaban J connectivity index is 1.31. The molecule has 5 heteroatoms. The molecule has 0 aliphatic carbocycles. The predicted molar refractivity (Wildman–Crippen MR) is 244 cm³/mol. The molecule has 0 fully saturated rings. The molecule has 58 heavy (non-hydrogen) atoms. The molecule has 3 aliphatic heterocycles. The van der Waals surface area contributed by atoms with E-state index in [1.54, 1.807) is 0 Å². The number of fused-ring (bicyclic) bond motifs is 5. The summed E-state index contributed by atoms with van der Waals surface area (Å²) in [5.74, 6) is 1.55. The molecule has 7 aromatic carbocycles. The second-order valence-electron chi connectivity index (χ2n) is 18.2. The first-order valence-corrected chi connectivity index (χ1v) is 20.6. The number of aryl methyl sites for hydroxylation is 1. The van der Waals surface area contributed by atoms with E-state index in [1.807, 2.05) is 0 Å². The van der Waals surface area contributed by atoms with Gasteiger partial charge in [0.1, 0.15) is 13.2 Å². The molecule has 0 unspecified atom stereocenters. The van der Waals surface area contributed by atoms with Crippen LogP contribution in [-0.4, -0.2) is 19.9 Å². The van der Waals surface area contributed by atoms with Crippen LogP contribution in [-0.2, 0) is 10.8 Å². The molecule has 3 aliphatic rings. The smallest absolute Gasteiger partial charge is 0.252 e. The maximum absolute atomic E-state index is 6.36. The highest BCUT2D eigenvalue weighted by Crippen LogP contribution is 2.50. The largest absolute Gasteiger partial charge is 0.486 e. The summed E-state index contributed by atoms with van der Waals surface area (Å²) in [6.07, 6.45) is 0. The van der Waals surface area contributed by atoms with Gasteiger partial charge < -0.3 is 19.3 Å². The number of hydrogen-bond acceptors (Lipinski definition) is 4. The zero-order valence-electron chi connectivity index (χ0n) is 34.6. The van der Waals surface area contributed by atoms with Crippen molar-refractivity contribution in [3.63, 3.8) is 0 Å². The second kappa shape index (κ2) is 13.4. The Morgan fingerprint density at radius 2 is 1.07 bits per heavy atom. The van der Waals surface area contributed by atoms with Crippen molar-refractivity contribution < 1.29 is 9.47 Å². The van der Waals surface area contributed by atoms with Gasteiger partial charge in [0.05, 0.1) is 5.69 Å². The summed E-state index contributed by atoms with van der Waals surface area (Å²) in [4.78, 5) is 5.03. The Morgan fingerprint density at radius 1 is 0.466 bits per heavy atom. The third kappa shape index (κ3) is 5.98. The van der Waals surface area contributed by atoms with Gasteiger partial charge in [-0.05, 0) is 110 Å². The minimum Gasteiger partial charge on any atom is -0.486 e. The minimum absolute atomic E-state index is 0.00135. The molecular weight excluding hydrogens is 707 g/mol. The Bertz CT molecular complexity index is 2710. The quantitative estimate of drug-likeness (QED) is 0.167. The van der Waals surface area contributed by atoms with Crippen LogP contribution in [0.2, 0.25) is 0 Å². The summed E-state index contributed by atoms with van der Waals surface area (Å²) in [6.45, 7) is 17.1. The van der Waals surface area contributed by atoms with Crippen molar-refractivity contribution in [2.24, 2.45) is 0 Å². The summed E-state index contributed by atoms with van der Waals surface area (Å²) < 4.78 is 12.6. The van der Waals surface area contributed by atoms with Crippen molar-refractivity contribution in [3.8, 4) is 33.8 Å². The molecular formula is C53H49BN2O2. The van der Waals surface area contributed by atoms with E-state index in [0.29, 0.717) is 13.2 Å². The van der Waals surface area contributed by atoms with E-state index >= 15 is 0 Å². The maximum atomic E-state index is 6.36. The SMILES string of the molecule is Cc1cc2c3c(c1)N(c1cc4c(cc1-c1ccccc1)OCCO4)c1cc(-c4ccccc4)ccc1B3c1cc(C(C)(C)C)ccc1N2c1ccc(C(C)(C)C)cc1. The van der Waals surface area contributed by atoms with Gasteiger partial charge in [-0.1, -0.05) is 139 Å². The lowest BCUT2D eigenvalue weighted by molar-refractivity contribution is 0.172. The number of rotatable bonds is 4. The first-order chi connectivity index (χ1) is 27.9. The zero-order valence-corrected chi connectivity index (χ0v) is 34.6. The summed E-state index contributed by atoms with van der Waals surface area (Å²) in [5, 5.41) is 0. The van der Waals surface area contributed by atoms with E-state index in [9.17, 15) is 0 Å². The van der Waals surface area contributed by atoms with Crippen LogP contribution in [0, 0.1) is 6.92 Å². The van der Waals surface area contributed by atoms with Gasteiger partial charge >= 0.3 is 0 Å². The first-order valence-electron chi connectivity index (χ1n) is 20.6. The van der Waals surface area contributed by atoms with Gasteiger partial charge in [-0.3, -0.25) is 0 Å². The number of nitrogens with zero attached hydrogens (tertiary/aromatic N) is 2. The van der Waals surface area contributed by atoms with Crippen LogP contribution in [0.25, 0.3) is 22.3 Å². The van der Waals surface area contributed by atoms with Crippen molar-refractivity contribution in [1.82, 2.24) is 0 Å². The number of anilines is 6. The summed E-state index contributed by atoms with van der Waals surface area (Å²) in [6, 6.07) is 54.2. The average molecular weight is 757 g/mol. The number of ether oxygens (including phenoxy) is 2. The highest BCUT2D eigenvalue weighted by molar-refractivity contribution is 7.00. The van der Waals surface area contributed by atoms with E-state index in [-0.39, 0.29) is 17.5 Å². The lowest BCUT2D eigenvalue weighted by Crippen LogP contribution is -2.61. The summed E-state index contributed by atoms with van der Waals surface area (Å²) in [7, 11) is 0. The van der Waals surface area contributed by atoms with Gasteiger partial charge in [0.15, 0.2) is 11.5 Å². The molecule has 0 atom stereocenters. The molecule has 0 saturated heterocycles. The third-order valence-corrected chi connectivity index (χ3v) is 12.2. The molecule has 286 valence electrons. The van der Waals surface area contributed by atoms with Crippen LogP contribution in [0.1, 0.15) is 58.2 Å². The van der Waals surface area contributed by atoms with Gasteiger partial charge in [0, 0.05) is 40.1 Å². The van der Waals surface area contributed by atoms with Crippen LogP contribution in [0.4, 0.5) is 34.1 Å². The fourth-order valence-corrected chi connectivity index (χ4v) is 9.17. The molecule has 0 saturated carbocycles. The Hall–Kier alpha value is -6.20. The zero-order chi connectivity index (χ0) is 39.9. The fraction of sp³-hybridized carbons (Fsp3) is 0.208. The van der Waals surface area contributed by atoms with Crippen molar-refractivity contribution in [2.75, 3.05) is 23.0 Å². The maximum Gasteiger partial charge on any atom is 0.252 e. The topological polar surface area (TPSA) is 24.9 Å². The normalized spacial score (nSPS) is 14.2. The summed E-state index contributed by atoms with van der Waals surface area (Å²) in [5.41, 5.74) is 19.4. The third-order valence-electron chi connectivity index (χ3n) is 12.2. The highest BCUT2D eigenvalue weighted by Gasteiger charge is 2.44. The van der Waals surface area contributed by atoms with E-state index in [4.69, 9.17) is 9.47 Å². The number of hydrogen-bond donors (Lipinski definition) is 0. The predicted octanol–water partition coefficient (Wildman–Crippen LogP) is 11.8. The van der Waals surface area contributed by atoms with Gasteiger partial charge in [-0.25, -0.2) is 0 Å². The molecule has 7 aromatic rings. The average Bonchev–Trinajstić information content (AvgIpc) is 3.22. The van der Waals surface area contributed by atoms with Crippen LogP contribution >= 0.6 is 0 Å². The molecule has 0 N–H and O–H groups in total. The van der Waals surface area contributed by atoms with E-state index < -0.39 is 0 Å². The highest BCUT2D eigenvalue weighted by atomic mass is 16.6. The molecule has 0 bridgehead atoms. The monoisotopic (exact) mass is 756 g/mol. The standard InChI is InChI=1S/C53H49BN2O2/c1-34-28-47-51-48(29-34)56(45-33-50-49(57-26-27-58-50)32-41(45)36-16-12-9-13-17-36)46-30-37(35-14-10-8-11-15-35)18-24-42(46)54(51)43-31-39(53(5,6)7)21-25-44(43)55(47)40-22-19-38(20-23-40)52(2,3)4/h8-25,28-33H,26-27H2,1-7H3. The molecule has 10 rings (SSSR count). The Labute approximate surface area is 343 Å². The van der Waals surface area contributed by atoms with Crippen molar-refractivity contribution >= 4 is 57.2 Å². The summed E-state index contributed by atoms with van der Waals surface area (Å²) >= 11 is 0. The van der Waals surface area contributed by atoms with Crippen LogP contribution in [0.3, 0.4) is 0 Å². The molecule has 0 aromatic heterocycles. The minimum atomic E-state index is -0.0267. The van der Waals surface area contributed by atoms with Gasteiger partial charge in [0.2, 0.25) is 0 Å². The molecule has 0 radical (unpaired) electrons. The fourth-order valence-electron chi connectivity index (χ4n) is 9.17. The van der Waals surface area contributed by atoms with Gasteiger partial charge in [-0.15, -0.1) is 0 Å². The Morgan fingerprint density at radius 3 is 1.72 bits per heavy atom. The number of benzene rings is 7. The van der Waals surface area contributed by atoms with Crippen LogP contribution in [0.15, 0.2) is 146 Å². The van der Waals surface area contributed by atoms with Crippen LogP contribution < -0.4 is 35.7 Å². The first kappa shape index (κ1) is 36.2. The van der Waals surface area contributed by atoms with Crippen molar-refractivity contribution in [1.29, 1.82) is 0 Å². The van der Waals surface area contributed by atoms with Gasteiger partial charge in [0.25, 0.3) is 6.71 Å². The molecule has 4 nitrogen and oxygen atoms in total. The van der Waals surface area contributed by atoms with E-state index in [1.165, 1.54) is 67.0 Å². The van der Waals surface area contributed by atoms with Crippen molar-refractivity contribution in [2.45, 2.75) is 59.3 Å². The Kier molecular flexibility index (Phi) is 8.39. The van der Waals surface area contributed by atoms with Crippen LogP contribution in [0.5, 0.6) is 11.5 Å². The lowest BCUT2D eigenvalue weighted by atomic mass is 9.33. The molecule has 3 heterocycles.